The Morgan fingerprint density at radius 3 is 1.65 bits per heavy atom. The average Bonchev–Trinajstić information content (AvgIpc) is 3.88. The van der Waals surface area contributed by atoms with E-state index in [2.05, 4.69) is 218 Å². The molecule has 13 rings (SSSR count). The first-order valence-corrected chi connectivity index (χ1v) is 23.0. The molecule has 2 aliphatic rings. The summed E-state index contributed by atoms with van der Waals surface area (Å²) in [4.78, 5) is 13.6. The molecule has 0 unspecified atom stereocenters. The van der Waals surface area contributed by atoms with Crippen LogP contribution in [0.25, 0.3) is 87.5 Å². The summed E-state index contributed by atoms with van der Waals surface area (Å²) in [7, 11) is 0. The highest BCUT2D eigenvalue weighted by molar-refractivity contribution is 7.99. The molecule has 294 valence electrons. The summed E-state index contributed by atoms with van der Waals surface area (Å²) < 4.78 is 2.51. The summed E-state index contributed by atoms with van der Waals surface area (Å²) in [6, 6.07) is 79.6. The van der Waals surface area contributed by atoms with Crippen molar-refractivity contribution in [2.45, 2.75) is 15.2 Å². The normalized spacial score (nSPS) is 13.1. The largest absolute Gasteiger partial charge is 0.228 e. The second-order valence-electron chi connectivity index (χ2n) is 16.4. The summed E-state index contributed by atoms with van der Waals surface area (Å²) in [5, 5.41) is 2.52. The molecule has 2 nitrogen and oxygen atoms in total. The summed E-state index contributed by atoms with van der Waals surface area (Å²) in [5.41, 5.74) is 16.9. The molecule has 9 aromatic carbocycles. The highest BCUT2D eigenvalue weighted by Gasteiger charge is 2.50. The lowest BCUT2D eigenvalue weighted by Crippen LogP contribution is -2.31. The summed E-state index contributed by atoms with van der Waals surface area (Å²) >= 11 is 3.71. The van der Waals surface area contributed by atoms with E-state index in [-0.39, 0.29) is 0 Å². The van der Waals surface area contributed by atoms with E-state index in [1.807, 2.05) is 23.1 Å². The van der Waals surface area contributed by atoms with Crippen LogP contribution in [-0.2, 0) is 5.41 Å². The van der Waals surface area contributed by atoms with Crippen LogP contribution in [0.5, 0.6) is 0 Å². The third-order valence-corrected chi connectivity index (χ3v) is 15.4. The number of aromatic nitrogens is 2. The molecule has 0 atom stereocenters. The third kappa shape index (κ3) is 5.58. The van der Waals surface area contributed by atoms with Gasteiger partial charge in [-0.25, -0.2) is 9.97 Å². The highest BCUT2D eigenvalue weighted by atomic mass is 32.2. The predicted octanol–water partition coefficient (Wildman–Crippen LogP) is 16.0. The van der Waals surface area contributed by atoms with Crippen LogP contribution >= 0.6 is 23.1 Å². The maximum Gasteiger partial charge on any atom is 0.160 e. The van der Waals surface area contributed by atoms with Gasteiger partial charge in [-0.3, -0.25) is 0 Å². The molecule has 0 amide bonds. The van der Waals surface area contributed by atoms with E-state index >= 15 is 0 Å². The van der Waals surface area contributed by atoms with Crippen LogP contribution in [-0.4, -0.2) is 9.97 Å². The van der Waals surface area contributed by atoms with Crippen molar-refractivity contribution in [3.05, 3.63) is 241 Å². The van der Waals surface area contributed by atoms with Gasteiger partial charge in [-0.05, 0) is 86.0 Å². The smallest absolute Gasteiger partial charge is 0.160 e. The molecular formula is C59H36N2S2. The first kappa shape index (κ1) is 36.3. The second-order valence-corrected chi connectivity index (χ2v) is 18.5. The van der Waals surface area contributed by atoms with Crippen molar-refractivity contribution in [2.24, 2.45) is 0 Å². The number of rotatable bonds is 5. The summed E-state index contributed by atoms with van der Waals surface area (Å²) in [6.45, 7) is 0. The van der Waals surface area contributed by atoms with Gasteiger partial charge in [0, 0.05) is 46.7 Å². The molecule has 0 bridgehead atoms. The van der Waals surface area contributed by atoms with E-state index in [1.54, 1.807) is 0 Å². The zero-order valence-electron chi connectivity index (χ0n) is 34.0. The standard InChI is InChI=1S/C59H36N2S2/c1-2-15-37(16-3-1)38-29-31-39(32-30-38)41-17-4-5-19-43(41)52-36-53(46-22-14-21-45-44-20-7-11-26-54(44)63-57(45)46)61-58(60-52)40-33-34-49-47(35-40)42-18-6-8-23-48(42)59(49)50-24-9-12-27-55(50)62-56-28-13-10-25-51(56)59/h1-36H. The second kappa shape index (κ2) is 14.4. The molecule has 11 aromatic rings. The van der Waals surface area contributed by atoms with Crippen molar-refractivity contribution >= 4 is 43.3 Å². The first-order valence-electron chi connectivity index (χ1n) is 21.4. The lowest BCUT2D eigenvalue weighted by molar-refractivity contribution is 0.722. The Morgan fingerprint density at radius 1 is 0.333 bits per heavy atom. The number of hydrogen-bond donors (Lipinski definition) is 0. The average molecular weight is 837 g/mol. The van der Waals surface area contributed by atoms with E-state index < -0.39 is 5.41 Å². The van der Waals surface area contributed by atoms with E-state index in [1.165, 1.54) is 74.5 Å². The van der Waals surface area contributed by atoms with Crippen LogP contribution in [0.1, 0.15) is 22.3 Å². The Balaban J connectivity index is 1.03. The molecule has 0 saturated carbocycles. The summed E-state index contributed by atoms with van der Waals surface area (Å²) in [5.74, 6) is 0.705. The Labute approximate surface area is 374 Å². The SMILES string of the molecule is c1ccc(-c2ccc(-c3ccccc3-c3cc(-c4cccc5c4sc4ccccc45)nc(-c4ccc5c(c4)-c4ccccc4C54c5ccccc5Sc5ccccc54)n3)cc2)cc1. The molecule has 0 radical (unpaired) electrons. The minimum atomic E-state index is -0.442. The predicted molar refractivity (Wildman–Crippen MR) is 264 cm³/mol. The van der Waals surface area contributed by atoms with Crippen LogP contribution in [0, 0.1) is 0 Å². The number of hydrogen-bond acceptors (Lipinski definition) is 4. The fraction of sp³-hybridized carbons (Fsp3) is 0.0169. The molecule has 0 N–H and O–H groups in total. The van der Waals surface area contributed by atoms with Gasteiger partial charge in [-0.1, -0.05) is 200 Å². The molecule has 1 aliphatic heterocycles. The minimum Gasteiger partial charge on any atom is -0.228 e. The fourth-order valence-electron chi connectivity index (χ4n) is 10.2. The van der Waals surface area contributed by atoms with Crippen LogP contribution in [0.3, 0.4) is 0 Å². The topological polar surface area (TPSA) is 25.8 Å². The van der Waals surface area contributed by atoms with E-state index in [0.29, 0.717) is 5.82 Å². The maximum atomic E-state index is 5.52. The van der Waals surface area contributed by atoms with E-state index in [0.717, 1.165) is 39.2 Å². The Morgan fingerprint density at radius 2 is 0.873 bits per heavy atom. The van der Waals surface area contributed by atoms with Crippen LogP contribution in [0.2, 0.25) is 0 Å². The number of thiophene rings is 1. The van der Waals surface area contributed by atoms with Crippen molar-refractivity contribution in [2.75, 3.05) is 0 Å². The van der Waals surface area contributed by atoms with Gasteiger partial charge < -0.3 is 0 Å². The molecule has 1 spiro atoms. The van der Waals surface area contributed by atoms with Gasteiger partial charge in [0.25, 0.3) is 0 Å². The van der Waals surface area contributed by atoms with E-state index in [4.69, 9.17) is 9.97 Å². The van der Waals surface area contributed by atoms with E-state index in [9.17, 15) is 0 Å². The molecule has 4 heteroatoms. The number of fused-ring (bicyclic) bond motifs is 12. The van der Waals surface area contributed by atoms with Crippen molar-refractivity contribution in [3.63, 3.8) is 0 Å². The highest BCUT2D eigenvalue weighted by Crippen LogP contribution is 2.62. The molecule has 0 fully saturated rings. The molecule has 1 aliphatic carbocycles. The molecule has 2 aromatic heterocycles. The molecule has 0 saturated heterocycles. The van der Waals surface area contributed by atoms with Gasteiger partial charge in [-0.2, -0.15) is 0 Å². The van der Waals surface area contributed by atoms with Crippen molar-refractivity contribution in [1.29, 1.82) is 0 Å². The van der Waals surface area contributed by atoms with Crippen LogP contribution in [0.4, 0.5) is 0 Å². The van der Waals surface area contributed by atoms with Crippen molar-refractivity contribution in [1.82, 2.24) is 9.97 Å². The van der Waals surface area contributed by atoms with Gasteiger partial charge in [0.05, 0.1) is 16.8 Å². The quantitative estimate of drug-likeness (QED) is 0.173. The Bertz CT molecular complexity index is 3560. The van der Waals surface area contributed by atoms with Gasteiger partial charge in [0.2, 0.25) is 0 Å². The molecule has 63 heavy (non-hydrogen) atoms. The number of nitrogens with zero attached hydrogens (tertiary/aromatic N) is 2. The zero-order chi connectivity index (χ0) is 41.5. The maximum absolute atomic E-state index is 5.52. The van der Waals surface area contributed by atoms with Gasteiger partial charge in [0.1, 0.15) is 0 Å². The lowest BCUT2D eigenvalue weighted by atomic mass is 9.67. The fourth-order valence-corrected chi connectivity index (χ4v) is 12.6. The molecule has 3 heterocycles. The van der Waals surface area contributed by atoms with Gasteiger partial charge >= 0.3 is 0 Å². The zero-order valence-corrected chi connectivity index (χ0v) is 35.6. The van der Waals surface area contributed by atoms with Crippen molar-refractivity contribution in [3.8, 4) is 67.3 Å². The monoisotopic (exact) mass is 836 g/mol. The Hall–Kier alpha value is -7.37. The van der Waals surface area contributed by atoms with Gasteiger partial charge in [-0.15, -0.1) is 11.3 Å². The van der Waals surface area contributed by atoms with Gasteiger partial charge in [0.15, 0.2) is 5.82 Å². The van der Waals surface area contributed by atoms with Crippen molar-refractivity contribution < 1.29 is 0 Å². The minimum absolute atomic E-state index is 0.442. The first-order chi connectivity index (χ1) is 31.2. The van der Waals surface area contributed by atoms with Crippen LogP contribution < -0.4 is 0 Å². The van der Waals surface area contributed by atoms with Crippen LogP contribution in [0.15, 0.2) is 228 Å². The summed E-state index contributed by atoms with van der Waals surface area (Å²) in [6.07, 6.45) is 0. The third-order valence-electron chi connectivity index (χ3n) is 13.0. The Kier molecular flexibility index (Phi) is 8.27. The lowest BCUT2D eigenvalue weighted by Gasteiger charge is -2.39. The molecular weight excluding hydrogens is 801 g/mol. The number of benzene rings is 9.